The van der Waals surface area contributed by atoms with E-state index in [4.69, 9.17) is 4.42 Å². The standard InChI is InChI=1S/C26H29N3O4/c30-24(28-32)20-14-26(9-10-26)15-27-23(20)25(31)29-11-7-16(8-12-29)17-5-6-22-19(13-17)18-3-1-2-4-21(18)33-22/h1-6,13,16,20,23,27,32H,7-12,14-15H2,(H,28,30)/t20-,23-/m0/s1. The van der Waals surface area contributed by atoms with Crippen molar-refractivity contribution in [2.24, 2.45) is 11.3 Å². The summed E-state index contributed by atoms with van der Waals surface area (Å²) in [5.41, 5.74) is 5.01. The van der Waals surface area contributed by atoms with Crippen LogP contribution in [0.3, 0.4) is 0 Å². The molecule has 2 amide bonds. The Labute approximate surface area is 192 Å². The molecule has 7 nitrogen and oxygen atoms in total. The minimum Gasteiger partial charge on any atom is -0.456 e. The third-order valence-electron chi connectivity index (χ3n) is 8.10. The Balaban J connectivity index is 1.16. The van der Waals surface area contributed by atoms with Gasteiger partial charge in [0.2, 0.25) is 11.8 Å². The summed E-state index contributed by atoms with van der Waals surface area (Å²) in [5, 5.41) is 14.8. The molecule has 0 unspecified atom stereocenters. The predicted molar refractivity (Wildman–Crippen MR) is 124 cm³/mol. The van der Waals surface area contributed by atoms with Crippen molar-refractivity contribution >= 4 is 33.8 Å². The monoisotopic (exact) mass is 447 g/mol. The lowest BCUT2D eigenvalue weighted by Gasteiger charge is -2.40. The van der Waals surface area contributed by atoms with E-state index in [1.54, 1.807) is 5.48 Å². The number of hydrogen-bond acceptors (Lipinski definition) is 5. The van der Waals surface area contributed by atoms with Crippen LogP contribution < -0.4 is 10.8 Å². The smallest absolute Gasteiger partial charge is 0.248 e. The fourth-order valence-electron chi connectivity index (χ4n) is 5.90. The Morgan fingerprint density at radius 2 is 1.82 bits per heavy atom. The van der Waals surface area contributed by atoms with Crippen molar-refractivity contribution in [2.75, 3.05) is 19.6 Å². The van der Waals surface area contributed by atoms with E-state index in [0.29, 0.717) is 25.4 Å². The first kappa shape index (κ1) is 20.7. The quantitative estimate of drug-likeness (QED) is 0.422. The second kappa shape index (κ2) is 7.85. The van der Waals surface area contributed by atoms with E-state index in [-0.39, 0.29) is 11.3 Å². The molecule has 2 saturated heterocycles. The van der Waals surface area contributed by atoms with E-state index in [1.165, 1.54) is 5.56 Å². The average Bonchev–Trinajstić information content (AvgIpc) is 3.51. The van der Waals surface area contributed by atoms with E-state index < -0.39 is 17.9 Å². The van der Waals surface area contributed by atoms with Crippen molar-refractivity contribution in [3.05, 3.63) is 48.0 Å². The van der Waals surface area contributed by atoms with Crippen molar-refractivity contribution in [3.63, 3.8) is 0 Å². The zero-order chi connectivity index (χ0) is 22.6. The van der Waals surface area contributed by atoms with Gasteiger partial charge in [0.05, 0.1) is 12.0 Å². The molecule has 1 aliphatic carbocycles. The van der Waals surface area contributed by atoms with Crippen LogP contribution in [0.4, 0.5) is 0 Å². The van der Waals surface area contributed by atoms with Gasteiger partial charge in [-0.2, -0.15) is 0 Å². The van der Waals surface area contributed by atoms with Gasteiger partial charge < -0.3 is 14.6 Å². The number of benzene rings is 2. The molecule has 2 aromatic carbocycles. The predicted octanol–water partition coefficient (Wildman–Crippen LogP) is 3.56. The Hall–Kier alpha value is -2.90. The third kappa shape index (κ3) is 3.60. The zero-order valence-corrected chi connectivity index (χ0v) is 18.5. The number of rotatable bonds is 3. The molecule has 1 spiro atoms. The number of carbonyl (C=O) groups is 2. The van der Waals surface area contributed by atoms with Gasteiger partial charge in [0.1, 0.15) is 11.2 Å². The molecule has 3 aliphatic rings. The summed E-state index contributed by atoms with van der Waals surface area (Å²) < 4.78 is 5.96. The van der Waals surface area contributed by atoms with Crippen LogP contribution in [-0.2, 0) is 9.59 Å². The van der Waals surface area contributed by atoms with Crippen LogP contribution >= 0.6 is 0 Å². The van der Waals surface area contributed by atoms with E-state index in [0.717, 1.165) is 54.2 Å². The highest BCUT2D eigenvalue weighted by atomic mass is 16.5. The summed E-state index contributed by atoms with van der Waals surface area (Å²) in [6, 6.07) is 14.0. The van der Waals surface area contributed by atoms with Crippen molar-refractivity contribution in [3.8, 4) is 0 Å². The number of nitrogens with zero attached hydrogens (tertiary/aromatic N) is 1. The Morgan fingerprint density at radius 1 is 1.06 bits per heavy atom. The summed E-state index contributed by atoms with van der Waals surface area (Å²) in [6.07, 6.45) is 4.61. The third-order valence-corrected chi connectivity index (χ3v) is 8.10. The number of piperidine rings is 2. The van der Waals surface area contributed by atoms with Gasteiger partial charge >= 0.3 is 0 Å². The minimum atomic E-state index is -0.562. The molecule has 1 saturated carbocycles. The van der Waals surface area contributed by atoms with Crippen molar-refractivity contribution in [1.29, 1.82) is 0 Å². The second-order valence-corrected chi connectivity index (χ2v) is 10.1. The summed E-state index contributed by atoms with van der Waals surface area (Å²) >= 11 is 0. The largest absolute Gasteiger partial charge is 0.456 e. The maximum absolute atomic E-state index is 13.3. The normalized spacial score (nSPS) is 24.9. The molecule has 0 bridgehead atoms. The number of amides is 2. The van der Waals surface area contributed by atoms with Gasteiger partial charge in [0.15, 0.2) is 0 Å². The SMILES string of the molecule is O=C(NO)[C@H]1CC2(CC2)CN[C@@H]1C(=O)N1CCC(c2ccc3oc4ccccc4c3c2)CC1. The first-order valence-corrected chi connectivity index (χ1v) is 11.9. The van der Waals surface area contributed by atoms with Crippen LogP contribution in [0.1, 0.15) is 43.6 Å². The van der Waals surface area contributed by atoms with Gasteiger partial charge in [-0.3, -0.25) is 14.8 Å². The van der Waals surface area contributed by atoms with Crippen molar-refractivity contribution < 1.29 is 19.2 Å². The first-order chi connectivity index (χ1) is 16.1. The van der Waals surface area contributed by atoms with E-state index in [9.17, 15) is 14.8 Å². The van der Waals surface area contributed by atoms with Gasteiger partial charge in [-0.25, -0.2) is 5.48 Å². The number of likely N-dealkylation sites (tertiary alicyclic amines) is 1. The van der Waals surface area contributed by atoms with Crippen molar-refractivity contribution in [2.45, 2.75) is 44.1 Å². The molecule has 2 atom stereocenters. The van der Waals surface area contributed by atoms with Gasteiger partial charge in [0.25, 0.3) is 0 Å². The lowest BCUT2D eigenvalue weighted by Crippen LogP contribution is -2.59. The minimum absolute atomic E-state index is 0.0196. The lowest BCUT2D eigenvalue weighted by molar-refractivity contribution is -0.145. The number of hydrogen-bond donors (Lipinski definition) is 3. The topological polar surface area (TPSA) is 94.8 Å². The molecule has 0 radical (unpaired) electrons. The van der Waals surface area contributed by atoms with E-state index in [1.807, 2.05) is 23.1 Å². The molecule has 7 heteroatoms. The molecule has 1 aromatic heterocycles. The van der Waals surface area contributed by atoms with Crippen LogP contribution in [0, 0.1) is 11.3 Å². The summed E-state index contributed by atoms with van der Waals surface area (Å²) in [7, 11) is 0. The number of hydroxylamine groups is 1. The van der Waals surface area contributed by atoms with Crippen LogP contribution in [0.5, 0.6) is 0 Å². The zero-order valence-electron chi connectivity index (χ0n) is 18.5. The molecular formula is C26H29N3O4. The molecule has 2 aliphatic heterocycles. The summed E-state index contributed by atoms with van der Waals surface area (Å²) in [6.45, 7) is 2.11. The first-order valence-electron chi connectivity index (χ1n) is 11.9. The Bertz CT molecular complexity index is 1220. The molecular weight excluding hydrogens is 418 g/mol. The highest BCUT2D eigenvalue weighted by molar-refractivity contribution is 6.05. The number of fused-ring (bicyclic) bond motifs is 3. The highest BCUT2D eigenvalue weighted by Gasteiger charge is 2.52. The van der Waals surface area contributed by atoms with Gasteiger partial charge in [-0.05, 0) is 67.2 Å². The maximum Gasteiger partial charge on any atom is 0.248 e. The fourth-order valence-corrected chi connectivity index (χ4v) is 5.90. The summed E-state index contributed by atoms with van der Waals surface area (Å²) in [4.78, 5) is 27.5. The maximum atomic E-state index is 13.3. The number of para-hydroxylation sites is 1. The van der Waals surface area contributed by atoms with Crippen molar-refractivity contribution in [1.82, 2.24) is 15.7 Å². The Morgan fingerprint density at radius 3 is 2.58 bits per heavy atom. The Kier molecular flexibility index (Phi) is 4.92. The van der Waals surface area contributed by atoms with Gasteiger partial charge in [-0.15, -0.1) is 0 Å². The number of furan rings is 1. The molecule has 33 heavy (non-hydrogen) atoms. The average molecular weight is 448 g/mol. The molecule has 3 fully saturated rings. The lowest BCUT2D eigenvalue weighted by atomic mass is 9.81. The van der Waals surface area contributed by atoms with Crippen LogP contribution in [0.2, 0.25) is 0 Å². The molecule has 172 valence electrons. The number of nitrogens with one attached hydrogen (secondary N) is 2. The van der Waals surface area contributed by atoms with Gasteiger partial charge in [0, 0.05) is 30.4 Å². The van der Waals surface area contributed by atoms with Crippen LogP contribution in [0.25, 0.3) is 21.9 Å². The van der Waals surface area contributed by atoms with Crippen LogP contribution in [-0.4, -0.2) is 47.6 Å². The van der Waals surface area contributed by atoms with E-state index >= 15 is 0 Å². The molecule has 3 heterocycles. The van der Waals surface area contributed by atoms with Crippen LogP contribution in [0.15, 0.2) is 46.9 Å². The van der Waals surface area contributed by atoms with E-state index in [2.05, 4.69) is 29.6 Å². The molecule has 3 aromatic rings. The van der Waals surface area contributed by atoms with Gasteiger partial charge in [-0.1, -0.05) is 24.3 Å². The highest BCUT2D eigenvalue weighted by Crippen LogP contribution is 2.52. The fraction of sp³-hybridized carbons (Fsp3) is 0.462. The summed E-state index contributed by atoms with van der Waals surface area (Å²) in [5.74, 6) is -0.609. The molecule has 3 N–H and O–H groups in total. The second-order valence-electron chi connectivity index (χ2n) is 10.1. The number of carbonyl (C=O) groups excluding carboxylic acids is 2. The molecule has 6 rings (SSSR count).